The first kappa shape index (κ1) is 17.9. The lowest BCUT2D eigenvalue weighted by atomic mass is 9.82. The maximum Gasteiger partial charge on any atom is 0.143 e. The minimum absolute atomic E-state index is 0.616. The van der Waals surface area contributed by atoms with Crippen molar-refractivity contribution in [2.45, 2.75) is 58.8 Å². The van der Waals surface area contributed by atoms with Gasteiger partial charge in [-0.05, 0) is 68.7 Å². The normalized spacial score (nSPS) is 16.4. The molecule has 1 atom stereocenters. The Labute approximate surface area is 160 Å². The maximum atomic E-state index is 5.49. The number of hydrogen-bond acceptors (Lipinski definition) is 3. The number of aromatic amines is 1. The Kier molecular flexibility index (Phi) is 4.81. The summed E-state index contributed by atoms with van der Waals surface area (Å²) in [6, 6.07) is 8.40. The molecule has 4 rings (SSSR count). The average molecular weight is 364 g/mol. The van der Waals surface area contributed by atoms with Crippen LogP contribution in [0.5, 0.6) is 5.75 Å². The van der Waals surface area contributed by atoms with Crippen LogP contribution in [-0.4, -0.2) is 17.3 Å². The standard InChI is InChI=1S/C23H28N2O2/c1-5-7-17-8-6-9-19-21(16-10-12-18(26-4)13-11-16)23(24-22(17)19)20-14(2)25-27-15(20)3/h10-13,17,24H,5-9H2,1-4H3. The van der Waals surface area contributed by atoms with Crippen LogP contribution in [0.2, 0.25) is 0 Å². The van der Waals surface area contributed by atoms with Gasteiger partial charge in [0.05, 0.1) is 24.1 Å². The number of hydrogen-bond donors (Lipinski definition) is 1. The first-order valence-electron chi connectivity index (χ1n) is 9.96. The molecule has 1 aromatic carbocycles. The van der Waals surface area contributed by atoms with Crippen LogP contribution in [0.4, 0.5) is 0 Å². The smallest absolute Gasteiger partial charge is 0.143 e. The second-order valence-electron chi connectivity index (χ2n) is 7.57. The van der Waals surface area contributed by atoms with E-state index in [2.05, 4.69) is 29.2 Å². The molecule has 0 spiro atoms. The van der Waals surface area contributed by atoms with E-state index < -0.39 is 0 Å². The van der Waals surface area contributed by atoms with Gasteiger partial charge >= 0.3 is 0 Å². The largest absolute Gasteiger partial charge is 0.497 e. The van der Waals surface area contributed by atoms with Gasteiger partial charge in [0.2, 0.25) is 0 Å². The molecule has 0 radical (unpaired) electrons. The third-order valence-corrected chi connectivity index (χ3v) is 5.82. The summed E-state index contributed by atoms with van der Waals surface area (Å²) in [7, 11) is 1.71. The first-order chi connectivity index (χ1) is 13.1. The number of nitrogens with one attached hydrogen (secondary N) is 1. The predicted octanol–water partition coefficient (Wildman–Crippen LogP) is 6.18. The van der Waals surface area contributed by atoms with Gasteiger partial charge < -0.3 is 14.2 Å². The van der Waals surface area contributed by atoms with Crippen molar-refractivity contribution in [3.8, 4) is 28.1 Å². The van der Waals surface area contributed by atoms with Crippen LogP contribution in [0, 0.1) is 13.8 Å². The SMILES string of the molecule is CCCC1CCCc2c1[nH]c(-c1c(C)noc1C)c2-c1ccc(OC)cc1. The molecule has 142 valence electrons. The third-order valence-electron chi connectivity index (χ3n) is 5.82. The van der Waals surface area contributed by atoms with Gasteiger partial charge in [0, 0.05) is 11.3 Å². The fourth-order valence-corrected chi connectivity index (χ4v) is 4.58. The lowest BCUT2D eigenvalue weighted by Crippen LogP contribution is -2.09. The number of nitrogens with zero attached hydrogens (tertiary/aromatic N) is 1. The van der Waals surface area contributed by atoms with Crippen LogP contribution in [0.1, 0.15) is 61.2 Å². The molecule has 1 aliphatic rings. The molecule has 2 heterocycles. The summed E-state index contributed by atoms with van der Waals surface area (Å²) in [6.07, 6.45) is 6.08. The number of H-pyrrole nitrogens is 1. The van der Waals surface area contributed by atoms with Gasteiger partial charge in [0.25, 0.3) is 0 Å². The molecule has 0 bridgehead atoms. The summed E-state index contributed by atoms with van der Waals surface area (Å²) in [5.74, 6) is 2.36. The van der Waals surface area contributed by atoms with Crippen molar-refractivity contribution in [3.05, 3.63) is 47.0 Å². The van der Waals surface area contributed by atoms with Gasteiger partial charge in [-0.25, -0.2) is 0 Å². The highest BCUT2D eigenvalue weighted by atomic mass is 16.5. The molecule has 3 aromatic rings. The molecule has 0 fully saturated rings. The van der Waals surface area contributed by atoms with Crippen LogP contribution in [0.3, 0.4) is 0 Å². The second-order valence-corrected chi connectivity index (χ2v) is 7.57. The van der Waals surface area contributed by atoms with E-state index in [1.165, 1.54) is 48.1 Å². The molecule has 4 heteroatoms. The molecule has 0 saturated heterocycles. The topological polar surface area (TPSA) is 51.0 Å². The number of rotatable bonds is 5. The van der Waals surface area contributed by atoms with Crippen LogP contribution in [0.25, 0.3) is 22.4 Å². The first-order valence-corrected chi connectivity index (χ1v) is 9.96. The lowest BCUT2D eigenvalue weighted by Gasteiger charge is -2.22. The van der Waals surface area contributed by atoms with E-state index in [1.54, 1.807) is 7.11 Å². The molecular weight excluding hydrogens is 336 g/mol. The van der Waals surface area contributed by atoms with Crippen molar-refractivity contribution in [3.63, 3.8) is 0 Å². The fourth-order valence-electron chi connectivity index (χ4n) is 4.58. The zero-order valence-corrected chi connectivity index (χ0v) is 16.7. The maximum absolute atomic E-state index is 5.49. The number of aryl methyl sites for hydroxylation is 2. The quantitative estimate of drug-likeness (QED) is 0.588. The highest BCUT2D eigenvalue weighted by Crippen LogP contribution is 2.46. The molecule has 1 N–H and O–H groups in total. The molecule has 1 aliphatic carbocycles. The number of aromatic nitrogens is 2. The van der Waals surface area contributed by atoms with E-state index in [1.807, 2.05) is 26.0 Å². The van der Waals surface area contributed by atoms with Crippen molar-refractivity contribution in [2.24, 2.45) is 0 Å². The molecule has 2 aromatic heterocycles. The number of methoxy groups -OCH3 is 1. The molecular formula is C23H28N2O2. The Morgan fingerprint density at radius 2 is 1.96 bits per heavy atom. The zero-order valence-electron chi connectivity index (χ0n) is 16.7. The van der Waals surface area contributed by atoms with Crippen molar-refractivity contribution >= 4 is 0 Å². The Balaban J connectivity index is 1.94. The highest BCUT2D eigenvalue weighted by molar-refractivity contribution is 5.87. The summed E-state index contributed by atoms with van der Waals surface area (Å²) in [6.45, 7) is 6.29. The number of fused-ring (bicyclic) bond motifs is 1. The van der Waals surface area contributed by atoms with Gasteiger partial charge in [-0.2, -0.15) is 0 Å². The van der Waals surface area contributed by atoms with E-state index in [-0.39, 0.29) is 0 Å². The minimum atomic E-state index is 0.616. The third kappa shape index (κ3) is 3.07. The average Bonchev–Trinajstić information content (AvgIpc) is 3.22. The second kappa shape index (κ2) is 7.26. The molecule has 0 saturated carbocycles. The van der Waals surface area contributed by atoms with Gasteiger partial charge in [-0.15, -0.1) is 0 Å². The Bertz CT molecular complexity index is 915. The summed E-state index contributed by atoms with van der Waals surface area (Å²) in [5.41, 5.74) is 8.62. The van der Waals surface area contributed by atoms with Gasteiger partial charge in [0.15, 0.2) is 0 Å². The summed E-state index contributed by atoms with van der Waals surface area (Å²) >= 11 is 0. The van der Waals surface area contributed by atoms with E-state index in [0.29, 0.717) is 5.92 Å². The molecule has 4 nitrogen and oxygen atoms in total. The Hall–Kier alpha value is -2.49. The molecule has 0 amide bonds. The summed E-state index contributed by atoms with van der Waals surface area (Å²) < 4.78 is 10.8. The highest BCUT2D eigenvalue weighted by Gasteiger charge is 2.29. The summed E-state index contributed by atoms with van der Waals surface area (Å²) in [4.78, 5) is 3.82. The van der Waals surface area contributed by atoms with E-state index in [0.717, 1.165) is 34.9 Å². The van der Waals surface area contributed by atoms with E-state index in [9.17, 15) is 0 Å². The minimum Gasteiger partial charge on any atom is -0.497 e. The van der Waals surface area contributed by atoms with Crippen LogP contribution < -0.4 is 4.74 Å². The Morgan fingerprint density at radius 1 is 1.19 bits per heavy atom. The van der Waals surface area contributed by atoms with Crippen LogP contribution in [0.15, 0.2) is 28.8 Å². The zero-order chi connectivity index (χ0) is 19.0. The van der Waals surface area contributed by atoms with Gasteiger partial charge in [-0.3, -0.25) is 0 Å². The Morgan fingerprint density at radius 3 is 2.59 bits per heavy atom. The van der Waals surface area contributed by atoms with Crippen LogP contribution in [-0.2, 0) is 6.42 Å². The lowest BCUT2D eigenvalue weighted by molar-refractivity contribution is 0.393. The molecule has 27 heavy (non-hydrogen) atoms. The number of benzene rings is 1. The van der Waals surface area contributed by atoms with Crippen molar-refractivity contribution < 1.29 is 9.26 Å². The summed E-state index contributed by atoms with van der Waals surface area (Å²) in [5, 5.41) is 4.20. The number of ether oxygens (including phenoxy) is 1. The van der Waals surface area contributed by atoms with E-state index in [4.69, 9.17) is 9.26 Å². The predicted molar refractivity (Wildman–Crippen MR) is 108 cm³/mol. The van der Waals surface area contributed by atoms with Gasteiger partial charge in [-0.1, -0.05) is 30.6 Å². The van der Waals surface area contributed by atoms with Crippen molar-refractivity contribution in [2.75, 3.05) is 7.11 Å². The molecule has 1 unspecified atom stereocenters. The van der Waals surface area contributed by atoms with E-state index >= 15 is 0 Å². The monoisotopic (exact) mass is 364 g/mol. The van der Waals surface area contributed by atoms with Crippen LogP contribution >= 0.6 is 0 Å². The fraction of sp³-hybridized carbons (Fsp3) is 0.435. The van der Waals surface area contributed by atoms with Crippen molar-refractivity contribution in [1.82, 2.24) is 10.1 Å². The molecule has 0 aliphatic heterocycles. The van der Waals surface area contributed by atoms with Crippen molar-refractivity contribution in [1.29, 1.82) is 0 Å². The van der Waals surface area contributed by atoms with Gasteiger partial charge in [0.1, 0.15) is 11.5 Å².